The van der Waals surface area contributed by atoms with Crippen LogP contribution in [0.5, 0.6) is 5.75 Å². The molecule has 1 N–H and O–H groups in total. The molecule has 0 fully saturated rings. The summed E-state index contributed by atoms with van der Waals surface area (Å²) in [5, 5.41) is 13.4. The molecule has 0 aromatic heterocycles. The van der Waals surface area contributed by atoms with Gasteiger partial charge in [0.05, 0.1) is 11.0 Å². The number of carbonyl (C=O) groups is 1. The highest BCUT2D eigenvalue weighted by Gasteiger charge is 2.12. The zero-order valence-electron chi connectivity index (χ0n) is 13.0. The van der Waals surface area contributed by atoms with Crippen LogP contribution in [0.2, 0.25) is 0 Å². The molecule has 23 heavy (non-hydrogen) atoms. The topological polar surface area (TPSA) is 81.5 Å². The van der Waals surface area contributed by atoms with E-state index in [4.69, 9.17) is 4.74 Å². The number of carbonyl (C=O) groups excluding carboxylic acids is 1. The summed E-state index contributed by atoms with van der Waals surface area (Å²) in [6.07, 6.45) is 0. The number of nitrogens with one attached hydrogen (secondary N) is 1. The second-order valence-electron chi connectivity index (χ2n) is 5.25. The Kier molecular flexibility index (Phi) is 5.30. The zero-order chi connectivity index (χ0) is 16.8. The first-order valence-electron chi connectivity index (χ1n) is 7.21. The van der Waals surface area contributed by atoms with Crippen LogP contribution in [0.1, 0.15) is 22.8 Å². The van der Waals surface area contributed by atoms with Crippen LogP contribution >= 0.6 is 0 Å². The summed E-state index contributed by atoms with van der Waals surface area (Å²) < 4.78 is 5.68. The molecule has 2 aromatic rings. The molecule has 0 aliphatic heterocycles. The molecular weight excluding hydrogens is 296 g/mol. The number of aryl methyl sites for hydroxylation is 1. The van der Waals surface area contributed by atoms with E-state index in [-0.39, 0.29) is 17.6 Å². The van der Waals surface area contributed by atoms with E-state index in [0.717, 1.165) is 11.3 Å². The lowest BCUT2D eigenvalue weighted by atomic mass is 10.2. The van der Waals surface area contributed by atoms with Crippen molar-refractivity contribution < 1.29 is 14.5 Å². The Bertz CT molecular complexity index is 698. The van der Waals surface area contributed by atoms with E-state index in [1.54, 1.807) is 0 Å². The molecule has 0 aliphatic rings. The molecule has 0 bridgehead atoms. The third-order valence-electron chi connectivity index (χ3n) is 3.30. The third-order valence-corrected chi connectivity index (χ3v) is 3.30. The van der Waals surface area contributed by atoms with E-state index >= 15 is 0 Å². The predicted molar refractivity (Wildman–Crippen MR) is 86.7 cm³/mol. The van der Waals surface area contributed by atoms with E-state index in [9.17, 15) is 14.9 Å². The highest BCUT2D eigenvalue weighted by molar-refractivity contribution is 5.94. The fraction of sp³-hybridized carbons (Fsp3) is 0.235. The molecule has 0 unspecified atom stereocenters. The van der Waals surface area contributed by atoms with Crippen molar-refractivity contribution in [1.82, 2.24) is 5.32 Å². The minimum Gasteiger partial charge on any atom is -0.491 e. The molecule has 1 atom stereocenters. The number of nitro benzene ring substituents is 1. The van der Waals surface area contributed by atoms with Crippen molar-refractivity contribution in [2.45, 2.75) is 19.9 Å². The number of hydrogen-bond acceptors (Lipinski definition) is 4. The Balaban J connectivity index is 1.89. The normalized spacial score (nSPS) is 11.6. The Hall–Kier alpha value is -2.89. The standard InChI is InChI=1S/C17H18N2O4/c1-12-5-3-4-6-16(12)23-11-13(2)18-17(20)14-7-9-15(10-8-14)19(21)22/h3-10,13H,11H2,1-2H3,(H,18,20)/t13-/m1/s1. The minimum absolute atomic E-state index is 0.0440. The van der Waals surface area contributed by atoms with Gasteiger partial charge in [-0.25, -0.2) is 0 Å². The first-order chi connectivity index (χ1) is 11.0. The number of rotatable bonds is 6. The van der Waals surface area contributed by atoms with Crippen molar-refractivity contribution >= 4 is 11.6 Å². The van der Waals surface area contributed by atoms with E-state index < -0.39 is 4.92 Å². The van der Waals surface area contributed by atoms with Crippen LogP contribution < -0.4 is 10.1 Å². The van der Waals surface area contributed by atoms with E-state index in [1.807, 2.05) is 38.1 Å². The largest absolute Gasteiger partial charge is 0.491 e. The van der Waals surface area contributed by atoms with Crippen LogP contribution in [0.4, 0.5) is 5.69 Å². The highest BCUT2D eigenvalue weighted by Crippen LogP contribution is 2.16. The number of non-ortho nitro benzene ring substituents is 1. The van der Waals surface area contributed by atoms with Gasteiger partial charge in [0, 0.05) is 17.7 Å². The molecule has 1 amide bonds. The Morgan fingerprint density at radius 1 is 1.22 bits per heavy atom. The van der Waals surface area contributed by atoms with Gasteiger partial charge < -0.3 is 10.1 Å². The summed E-state index contributed by atoms with van der Waals surface area (Å²) >= 11 is 0. The number of nitrogens with zero attached hydrogens (tertiary/aromatic N) is 1. The van der Waals surface area contributed by atoms with Crippen LogP contribution in [0.15, 0.2) is 48.5 Å². The van der Waals surface area contributed by atoms with E-state index in [0.29, 0.717) is 12.2 Å². The summed E-state index contributed by atoms with van der Waals surface area (Å²) in [7, 11) is 0. The predicted octanol–water partition coefficient (Wildman–Crippen LogP) is 3.10. The van der Waals surface area contributed by atoms with Gasteiger partial charge in [-0.1, -0.05) is 18.2 Å². The van der Waals surface area contributed by atoms with Gasteiger partial charge in [0.2, 0.25) is 0 Å². The molecule has 0 saturated carbocycles. The van der Waals surface area contributed by atoms with Crippen LogP contribution in [-0.2, 0) is 0 Å². The van der Waals surface area contributed by atoms with Gasteiger partial charge in [0.15, 0.2) is 0 Å². The van der Waals surface area contributed by atoms with Crippen molar-refractivity contribution in [3.8, 4) is 5.75 Å². The first-order valence-corrected chi connectivity index (χ1v) is 7.21. The van der Waals surface area contributed by atoms with Crippen molar-refractivity contribution in [1.29, 1.82) is 0 Å². The van der Waals surface area contributed by atoms with Crippen LogP contribution in [0, 0.1) is 17.0 Å². The van der Waals surface area contributed by atoms with Crippen LogP contribution in [0.25, 0.3) is 0 Å². The zero-order valence-corrected chi connectivity index (χ0v) is 13.0. The smallest absolute Gasteiger partial charge is 0.269 e. The average Bonchev–Trinajstić information content (AvgIpc) is 2.54. The summed E-state index contributed by atoms with van der Waals surface area (Å²) in [6.45, 7) is 4.13. The van der Waals surface area contributed by atoms with Gasteiger partial charge in [-0.15, -0.1) is 0 Å². The quantitative estimate of drug-likeness (QED) is 0.656. The van der Waals surface area contributed by atoms with Crippen molar-refractivity contribution in [3.63, 3.8) is 0 Å². The molecule has 0 radical (unpaired) electrons. The molecule has 0 heterocycles. The average molecular weight is 314 g/mol. The van der Waals surface area contributed by atoms with Gasteiger partial charge in [-0.3, -0.25) is 14.9 Å². The maximum absolute atomic E-state index is 12.1. The van der Waals surface area contributed by atoms with E-state index in [1.165, 1.54) is 24.3 Å². The van der Waals surface area contributed by atoms with Gasteiger partial charge in [-0.05, 0) is 37.6 Å². The summed E-state index contributed by atoms with van der Waals surface area (Å²) in [4.78, 5) is 22.2. The molecule has 0 aliphatic carbocycles. The summed E-state index contributed by atoms with van der Waals surface area (Å²) in [6, 6.07) is 12.9. The summed E-state index contributed by atoms with van der Waals surface area (Å²) in [5.74, 6) is 0.490. The molecular formula is C17H18N2O4. The minimum atomic E-state index is -0.500. The molecule has 120 valence electrons. The molecule has 6 nitrogen and oxygen atoms in total. The van der Waals surface area contributed by atoms with Gasteiger partial charge in [0.1, 0.15) is 12.4 Å². The number of ether oxygens (including phenoxy) is 1. The number of nitro groups is 1. The van der Waals surface area contributed by atoms with Crippen LogP contribution in [0.3, 0.4) is 0 Å². The van der Waals surface area contributed by atoms with Gasteiger partial charge >= 0.3 is 0 Å². The maximum Gasteiger partial charge on any atom is 0.269 e. The maximum atomic E-state index is 12.1. The van der Waals surface area contributed by atoms with E-state index in [2.05, 4.69) is 5.32 Å². The number of para-hydroxylation sites is 1. The summed E-state index contributed by atoms with van der Waals surface area (Å²) in [5.41, 5.74) is 1.36. The number of amides is 1. The molecule has 0 spiro atoms. The molecule has 6 heteroatoms. The van der Waals surface area contributed by atoms with Gasteiger partial charge in [-0.2, -0.15) is 0 Å². The lowest BCUT2D eigenvalue weighted by Gasteiger charge is -2.16. The van der Waals surface area contributed by atoms with Crippen molar-refractivity contribution in [3.05, 3.63) is 69.8 Å². The van der Waals surface area contributed by atoms with Gasteiger partial charge in [0.25, 0.3) is 11.6 Å². The van der Waals surface area contributed by atoms with Crippen molar-refractivity contribution in [2.75, 3.05) is 6.61 Å². The fourth-order valence-electron chi connectivity index (χ4n) is 2.02. The third kappa shape index (κ3) is 4.54. The number of benzene rings is 2. The molecule has 2 aromatic carbocycles. The lowest BCUT2D eigenvalue weighted by molar-refractivity contribution is -0.384. The van der Waals surface area contributed by atoms with Crippen LogP contribution in [-0.4, -0.2) is 23.5 Å². The fourth-order valence-corrected chi connectivity index (χ4v) is 2.02. The second kappa shape index (κ2) is 7.40. The molecule has 0 saturated heterocycles. The second-order valence-corrected chi connectivity index (χ2v) is 5.25. The number of hydrogen-bond donors (Lipinski definition) is 1. The Morgan fingerprint density at radius 2 is 1.87 bits per heavy atom. The van der Waals surface area contributed by atoms with Crippen molar-refractivity contribution in [2.24, 2.45) is 0 Å². The highest BCUT2D eigenvalue weighted by atomic mass is 16.6. The Labute approximate surface area is 134 Å². The Morgan fingerprint density at radius 3 is 2.48 bits per heavy atom. The first kappa shape index (κ1) is 16.5. The monoisotopic (exact) mass is 314 g/mol. The lowest BCUT2D eigenvalue weighted by Crippen LogP contribution is -2.36. The SMILES string of the molecule is Cc1ccccc1OC[C@@H](C)NC(=O)c1ccc([N+](=O)[O-])cc1. The molecule has 2 rings (SSSR count).